The molecule has 10 heteroatoms. The van der Waals surface area contributed by atoms with Gasteiger partial charge in [0.2, 0.25) is 0 Å². The van der Waals surface area contributed by atoms with Crippen molar-refractivity contribution >= 4 is 58.4 Å². The molecule has 1 aliphatic carbocycles. The Labute approximate surface area is 198 Å². The molecule has 1 aromatic carbocycles. The standard InChI is InChI=1S/C21H24N2O4S4/c1-26-12-6-7-13(15(11-12)27-2)18(24)22-23-19(25)17-14-5-4-8-21(29-9-10-30-21)16(14)20(28-3)31-17/h6-7,11H,4-5,8-10H2,1-3H3,(H,22,24)(H,23,25). The number of hydrogen-bond donors (Lipinski definition) is 2. The van der Waals surface area contributed by atoms with Crippen molar-refractivity contribution in [3.63, 3.8) is 0 Å². The van der Waals surface area contributed by atoms with Gasteiger partial charge in [-0.2, -0.15) is 0 Å². The second-order valence-electron chi connectivity index (χ2n) is 7.05. The Kier molecular flexibility index (Phi) is 7.00. The molecule has 1 aliphatic heterocycles. The summed E-state index contributed by atoms with van der Waals surface area (Å²) < 4.78 is 11.8. The number of hydrazine groups is 1. The molecular formula is C21H24N2O4S4. The lowest BCUT2D eigenvalue weighted by atomic mass is 9.92. The fraction of sp³-hybridized carbons (Fsp3) is 0.429. The summed E-state index contributed by atoms with van der Waals surface area (Å²) in [4.78, 5) is 26.4. The van der Waals surface area contributed by atoms with E-state index >= 15 is 0 Å². The lowest BCUT2D eigenvalue weighted by Crippen LogP contribution is -2.42. The Morgan fingerprint density at radius 3 is 2.52 bits per heavy atom. The zero-order valence-electron chi connectivity index (χ0n) is 17.5. The third kappa shape index (κ3) is 4.27. The summed E-state index contributed by atoms with van der Waals surface area (Å²) in [5, 5.41) is 0. The van der Waals surface area contributed by atoms with E-state index < -0.39 is 5.91 Å². The molecule has 2 amide bonds. The van der Waals surface area contributed by atoms with Crippen LogP contribution in [-0.2, 0) is 10.5 Å². The van der Waals surface area contributed by atoms with Crippen LogP contribution in [0.5, 0.6) is 11.5 Å². The molecule has 6 nitrogen and oxygen atoms in total. The van der Waals surface area contributed by atoms with E-state index in [0.29, 0.717) is 21.9 Å². The molecule has 2 heterocycles. The molecule has 1 saturated heterocycles. The molecule has 0 atom stereocenters. The quantitative estimate of drug-likeness (QED) is 0.465. The molecule has 0 radical (unpaired) electrons. The van der Waals surface area contributed by atoms with Crippen LogP contribution in [-0.4, -0.2) is 43.8 Å². The third-order valence-electron chi connectivity index (χ3n) is 5.38. The van der Waals surface area contributed by atoms with Crippen LogP contribution in [0.25, 0.3) is 0 Å². The third-order valence-corrected chi connectivity index (χ3v) is 11.3. The van der Waals surface area contributed by atoms with Gasteiger partial charge in [0.15, 0.2) is 0 Å². The smallest absolute Gasteiger partial charge is 0.280 e. The van der Waals surface area contributed by atoms with Gasteiger partial charge < -0.3 is 9.47 Å². The van der Waals surface area contributed by atoms with Crippen molar-refractivity contribution in [3.8, 4) is 11.5 Å². The zero-order chi connectivity index (χ0) is 22.0. The molecule has 1 spiro atoms. The van der Waals surface area contributed by atoms with Crippen LogP contribution in [0.1, 0.15) is 44.0 Å². The number of benzene rings is 1. The van der Waals surface area contributed by atoms with E-state index in [9.17, 15) is 9.59 Å². The van der Waals surface area contributed by atoms with Gasteiger partial charge in [0.05, 0.1) is 32.9 Å². The van der Waals surface area contributed by atoms with Gasteiger partial charge in [-0.3, -0.25) is 20.4 Å². The number of carbonyl (C=O) groups excluding carboxylic acids is 2. The van der Waals surface area contributed by atoms with Crippen molar-refractivity contribution < 1.29 is 19.1 Å². The number of carbonyl (C=O) groups is 2. The van der Waals surface area contributed by atoms with Crippen LogP contribution in [0.15, 0.2) is 22.4 Å². The minimum atomic E-state index is -0.443. The van der Waals surface area contributed by atoms with E-state index in [1.54, 1.807) is 37.1 Å². The molecular weight excluding hydrogens is 473 g/mol. The van der Waals surface area contributed by atoms with Gasteiger partial charge >= 0.3 is 0 Å². The largest absolute Gasteiger partial charge is 0.497 e. The topological polar surface area (TPSA) is 76.7 Å². The van der Waals surface area contributed by atoms with E-state index in [1.165, 1.54) is 28.2 Å². The highest BCUT2D eigenvalue weighted by atomic mass is 32.2. The van der Waals surface area contributed by atoms with Crippen LogP contribution in [0.4, 0.5) is 0 Å². The van der Waals surface area contributed by atoms with Gasteiger partial charge in [-0.1, -0.05) is 0 Å². The maximum Gasteiger partial charge on any atom is 0.280 e. The summed E-state index contributed by atoms with van der Waals surface area (Å²) in [5.41, 5.74) is 7.95. The molecule has 2 N–H and O–H groups in total. The van der Waals surface area contributed by atoms with Crippen molar-refractivity contribution in [2.24, 2.45) is 0 Å². The first-order valence-corrected chi connectivity index (χ1v) is 13.8. The molecule has 0 unspecified atom stereocenters. The van der Waals surface area contributed by atoms with Crippen LogP contribution < -0.4 is 20.3 Å². The number of fused-ring (bicyclic) bond motifs is 2. The zero-order valence-corrected chi connectivity index (χ0v) is 20.8. The van der Waals surface area contributed by atoms with E-state index in [-0.39, 0.29) is 9.99 Å². The SMILES string of the molecule is COc1ccc(C(=O)NNC(=O)c2sc(SC)c3c2CCCC32SCCS2)c(OC)c1. The van der Waals surface area contributed by atoms with Gasteiger partial charge in [0.1, 0.15) is 11.5 Å². The minimum absolute atomic E-state index is 0.0840. The van der Waals surface area contributed by atoms with Gasteiger partial charge in [-0.05, 0) is 43.2 Å². The van der Waals surface area contributed by atoms with Gasteiger partial charge in [0, 0.05) is 23.1 Å². The molecule has 1 fully saturated rings. The Balaban J connectivity index is 1.54. The molecule has 0 saturated carbocycles. The van der Waals surface area contributed by atoms with Gasteiger partial charge in [0.25, 0.3) is 11.8 Å². The first kappa shape index (κ1) is 22.7. The van der Waals surface area contributed by atoms with Crippen LogP contribution in [0.2, 0.25) is 0 Å². The molecule has 0 bridgehead atoms. The second-order valence-corrected chi connectivity index (χ2v) is 12.2. The van der Waals surface area contributed by atoms with Crippen molar-refractivity contribution in [2.75, 3.05) is 32.0 Å². The Morgan fingerprint density at radius 1 is 1.10 bits per heavy atom. The average Bonchev–Trinajstić information content (AvgIpc) is 3.42. The number of ether oxygens (including phenoxy) is 2. The predicted octanol–water partition coefficient (Wildman–Crippen LogP) is 4.53. The molecule has 31 heavy (non-hydrogen) atoms. The number of thioether (sulfide) groups is 3. The molecule has 2 aromatic rings. The number of nitrogens with one attached hydrogen (secondary N) is 2. The first-order valence-electron chi connectivity index (χ1n) is 9.83. The first-order chi connectivity index (χ1) is 15.0. The minimum Gasteiger partial charge on any atom is -0.497 e. The maximum atomic E-state index is 13.1. The highest BCUT2D eigenvalue weighted by molar-refractivity contribution is 8.20. The Hall–Kier alpha value is -1.49. The van der Waals surface area contributed by atoms with Crippen LogP contribution in [0.3, 0.4) is 0 Å². The number of methoxy groups -OCH3 is 2. The van der Waals surface area contributed by atoms with Crippen LogP contribution in [0, 0.1) is 0 Å². The maximum absolute atomic E-state index is 13.1. The molecule has 1 aromatic heterocycles. The highest BCUT2D eigenvalue weighted by Gasteiger charge is 2.45. The summed E-state index contributed by atoms with van der Waals surface area (Å²) in [6.45, 7) is 0. The molecule has 2 aliphatic rings. The van der Waals surface area contributed by atoms with Gasteiger partial charge in [-0.15, -0.1) is 46.6 Å². The molecule has 4 rings (SSSR count). The number of amides is 2. The normalized spacial score (nSPS) is 16.6. The molecule has 166 valence electrons. The lowest BCUT2D eigenvalue weighted by molar-refractivity contribution is 0.0846. The Bertz CT molecular complexity index is 1000. The van der Waals surface area contributed by atoms with Gasteiger partial charge in [-0.25, -0.2) is 0 Å². The summed E-state index contributed by atoms with van der Waals surface area (Å²) in [7, 11) is 3.03. The highest BCUT2D eigenvalue weighted by Crippen LogP contribution is 2.61. The summed E-state index contributed by atoms with van der Waals surface area (Å²) in [6.07, 6.45) is 5.19. The fourth-order valence-electron chi connectivity index (χ4n) is 3.98. The summed E-state index contributed by atoms with van der Waals surface area (Å²) in [5.74, 6) is 2.55. The van der Waals surface area contributed by atoms with Crippen molar-refractivity contribution in [1.29, 1.82) is 0 Å². The monoisotopic (exact) mass is 496 g/mol. The van der Waals surface area contributed by atoms with E-state index in [4.69, 9.17) is 9.47 Å². The average molecular weight is 497 g/mol. The predicted molar refractivity (Wildman–Crippen MR) is 130 cm³/mol. The second kappa shape index (κ2) is 9.56. The number of hydrogen-bond acceptors (Lipinski definition) is 8. The van der Waals surface area contributed by atoms with Crippen molar-refractivity contribution in [3.05, 3.63) is 39.8 Å². The number of rotatable bonds is 5. The Morgan fingerprint density at radius 2 is 1.84 bits per heavy atom. The summed E-state index contributed by atoms with van der Waals surface area (Å²) >= 11 is 7.28. The summed E-state index contributed by atoms with van der Waals surface area (Å²) in [6, 6.07) is 4.92. The number of thiophene rings is 1. The van der Waals surface area contributed by atoms with E-state index in [1.807, 2.05) is 23.5 Å². The van der Waals surface area contributed by atoms with Crippen molar-refractivity contribution in [2.45, 2.75) is 27.6 Å². The lowest BCUT2D eigenvalue weighted by Gasteiger charge is -2.33. The van der Waals surface area contributed by atoms with E-state index in [2.05, 4.69) is 17.1 Å². The van der Waals surface area contributed by atoms with Crippen molar-refractivity contribution in [1.82, 2.24) is 10.9 Å². The fourth-order valence-corrected chi connectivity index (χ4v) is 9.86. The van der Waals surface area contributed by atoms with Crippen LogP contribution >= 0.6 is 46.6 Å². The van der Waals surface area contributed by atoms with E-state index in [0.717, 1.165) is 36.3 Å².